The number of hydrogen-bond acceptors (Lipinski definition) is 3. The molecule has 2 aliphatic heterocycles. The summed E-state index contributed by atoms with van der Waals surface area (Å²) >= 11 is 0. The molecule has 0 amide bonds. The molecular formula is C16H33N3. The Kier molecular flexibility index (Phi) is 5.27. The van der Waals surface area contributed by atoms with Gasteiger partial charge in [-0.3, -0.25) is 4.90 Å². The molecule has 2 heterocycles. The number of rotatable bonds is 4. The summed E-state index contributed by atoms with van der Waals surface area (Å²) in [6.07, 6.45) is 5.15. The average Bonchev–Trinajstić information content (AvgIpc) is 2.64. The molecule has 0 aliphatic carbocycles. The molecule has 3 atom stereocenters. The van der Waals surface area contributed by atoms with Gasteiger partial charge in [0.05, 0.1) is 0 Å². The van der Waals surface area contributed by atoms with Gasteiger partial charge in [-0.25, -0.2) is 0 Å². The van der Waals surface area contributed by atoms with Crippen LogP contribution in [0.25, 0.3) is 0 Å². The second kappa shape index (κ2) is 6.55. The first kappa shape index (κ1) is 15.3. The fourth-order valence-electron chi connectivity index (χ4n) is 3.94. The van der Waals surface area contributed by atoms with Gasteiger partial charge in [0.25, 0.3) is 0 Å². The topological polar surface area (TPSA) is 32.5 Å². The molecule has 0 bridgehead atoms. The van der Waals surface area contributed by atoms with Gasteiger partial charge in [0.1, 0.15) is 0 Å². The van der Waals surface area contributed by atoms with Crippen molar-refractivity contribution in [2.45, 2.75) is 52.0 Å². The Labute approximate surface area is 119 Å². The molecule has 2 N–H and O–H groups in total. The molecule has 2 fully saturated rings. The van der Waals surface area contributed by atoms with E-state index in [-0.39, 0.29) is 0 Å². The van der Waals surface area contributed by atoms with E-state index in [0.29, 0.717) is 5.54 Å². The standard InChI is InChI=1S/C16H33N3/c1-4-8-18-9-5-6-16(13-17,7-10-18)19-11-14(2)15(3)12-19/h14-15H,4-13,17H2,1-3H3. The molecule has 0 aromatic heterocycles. The summed E-state index contributed by atoms with van der Waals surface area (Å²) in [5, 5.41) is 0. The maximum Gasteiger partial charge on any atom is 0.0344 e. The van der Waals surface area contributed by atoms with Crippen LogP contribution >= 0.6 is 0 Å². The molecule has 0 aromatic carbocycles. The zero-order chi connectivity index (χ0) is 13.9. The normalized spacial score (nSPS) is 38.5. The van der Waals surface area contributed by atoms with Gasteiger partial charge in [0.2, 0.25) is 0 Å². The van der Waals surface area contributed by atoms with Crippen LogP contribution in [-0.2, 0) is 0 Å². The number of hydrogen-bond donors (Lipinski definition) is 1. The molecule has 0 radical (unpaired) electrons. The molecule has 2 rings (SSSR count). The number of nitrogens with two attached hydrogens (primary N) is 1. The van der Waals surface area contributed by atoms with E-state index in [1.54, 1.807) is 0 Å². The predicted octanol–water partition coefficient (Wildman–Crippen LogP) is 2.17. The van der Waals surface area contributed by atoms with Crippen LogP contribution in [0, 0.1) is 11.8 Å². The van der Waals surface area contributed by atoms with Crippen molar-refractivity contribution >= 4 is 0 Å². The van der Waals surface area contributed by atoms with E-state index in [2.05, 4.69) is 30.6 Å². The number of nitrogens with zero attached hydrogens (tertiary/aromatic N) is 2. The van der Waals surface area contributed by atoms with Crippen LogP contribution in [0.5, 0.6) is 0 Å². The lowest BCUT2D eigenvalue weighted by Gasteiger charge is -2.41. The first-order chi connectivity index (χ1) is 9.11. The van der Waals surface area contributed by atoms with Crippen LogP contribution in [0.15, 0.2) is 0 Å². The Morgan fingerprint density at radius 1 is 1.11 bits per heavy atom. The minimum absolute atomic E-state index is 0.293. The molecule has 3 heteroatoms. The summed E-state index contributed by atoms with van der Waals surface area (Å²) in [7, 11) is 0. The lowest BCUT2D eigenvalue weighted by molar-refractivity contribution is 0.0988. The van der Waals surface area contributed by atoms with E-state index in [1.165, 1.54) is 58.4 Å². The van der Waals surface area contributed by atoms with E-state index >= 15 is 0 Å². The molecule has 112 valence electrons. The van der Waals surface area contributed by atoms with Gasteiger partial charge in [0.15, 0.2) is 0 Å². The van der Waals surface area contributed by atoms with Gasteiger partial charge >= 0.3 is 0 Å². The highest BCUT2D eigenvalue weighted by Gasteiger charge is 2.41. The molecule has 19 heavy (non-hydrogen) atoms. The van der Waals surface area contributed by atoms with Crippen LogP contribution in [0.4, 0.5) is 0 Å². The van der Waals surface area contributed by atoms with Gasteiger partial charge in [0, 0.05) is 25.2 Å². The summed E-state index contributed by atoms with van der Waals surface area (Å²) in [5.74, 6) is 1.66. The van der Waals surface area contributed by atoms with Crippen LogP contribution in [0.3, 0.4) is 0 Å². The van der Waals surface area contributed by atoms with Crippen LogP contribution in [-0.4, -0.2) is 54.6 Å². The van der Waals surface area contributed by atoms with E-state index in [9.17, 15) is 0 Å². The average molecular weight is 267 g/mol. The summed E-state index contributed by atoms with van der Waals surface area (Å²) in [4.78, 5) is 5.37. The van der Waals surface area contributed by atoms with Crippen molar-refractivity contribution in [2.75, 3.05) is 39.3 Å². The molecule has 2 aliphatic rings. The molecule has 0 spiro atoms. The summed E-state index contributed by atoms with van der Waals surface area (Å²) < 4.78 is 0. The highest BCUT2D eigenvalue weighted by atomic mass is 15.2. The Morgan fingerprint density at radius 2 is 1.79 bits per heavy atom. The third-order valence-corrected chi connectivity index (χ3v) is 5.59. The van der Waals surface area contributed by atoms with Crippen molar-refractivity contribution in [3.63, 3.8) is 0 Å². The number of likely N-dealkylation sites (tertiary alicyclic amines) is 2. The molecular weight excluding hydrogens is 234 g/mol. The monoisotopic (exact) mass is 267 g/mol. The van der Waals surface area contributed by atoms with E-state index in [1.807, 2.05) is 0 Å². The summed E-state index contributed by atoms with van der Waals surface area (Å²) in [5.41, 5.74) is 6.53. The molecule has 0 aromatic rings. The van der Waals surface area contributed by atoms with Gasteiger partial charge < -0.3 is 10.6 Å². The Balaban J connectivity index is 2.02. The van der Waals surface area contributed by atoms with Gasteiger partial charge in [-0.05, 0) is 57.2 Å². The SMILES string of the molecule is CCCN1CCCC(CN)(N2CC(C)C(C)C2)CC1. The summed E-state index contributed by atoms with van der Waals surface area (Å²) in [6, 6.07) is 0. The van der Waals surface area contributed by atoms with Crippen molar-refractivity contribution < 1.29 is 0 Å². The minimum atomic E-state index is 0.293. The maximum absolute atomic E-state index is 6.24. The lowest BCUT2D eigenvalue weighted by Crippen LogP contribution is -2.53. The molecule has 3 unspecified atom stereocenters. The van der Waals surface area contributed by atoms with Crippen LogP contribution in [0.1, 0.15) is 46.5 Å². The third-order valence-electron chi connectivity index (χ3n) is 5.59. The van der Waals surface area contributed by atoms with Crippen molar-refractivity contribution in [3.05, 3.63) is 0 Å². The maximum atomic E-state index is 6.24. The van der Waals surface area contributed by atoms with Gasteiger partial charge in [-0.1, -0.05) is 20.8 Å². The second-order valence-corrected chi connectivity index (χ2v) is 6.98. The van der Waals surface area contributed by atoms with Crippen molar-refractivity contribution in [2.24, 2.45) is 17.6 Å². The summed E-state index contributed by atoms with van der Waals surface area (Å²) in [6.45, 7) is 14.2. The van der Waals surface area contributed by atoms with E-state index < -0.39 is 0 Å². The molecule has 2 saturated heterocycles. The second-order valence-electron chi connectivity index (χ2n) is 6.98. The first-order valence-corrected chi connectivity index (χ1v) is 8.29. The molecule has 3 nitrogen and oxygen atoms in total. The largest absolute Gasteiger partial charge is 0.329 e. The van der Waals surface area contributed by atoms with Crippen LogP contribution < -0.4 is 5.73 Å². The Bertz CT molecular complexity index is 271. The Hall–Kier alpha value is -0.120. The Morgan fingerprint density at radius 3 is 2.37 bits per heavy atom. The van der Waals surface area contributed by atoms with Crippen molar-refractivity contribution in [1.29, 1.82) is 0 Å². The quantitative estimate of drug-likeness (QED) is 0.847. The van der Waals surface area contributed by atoms with Gasteiger partial charge in [-0.2, -0.15) is 0 Å². The smallest absolute Gasteiger partial charge is 0.0344 e. The zero-order valence-corrected chi connectivity index (χ0v) is 13.2. The zero-order valence-electron chi connectivity index (χ0n) is 13.2. The lowest BCUT2D eigenvalue weighted by atomic mass is 9.88. The highest BCUT2D eigenvalue weighted by molar-refractivity contribution is 4.98. The fraction of sp³-hybridized carbons (Fsp3) is 1.00. The van der Waals surface area contributed by atoms with Gasteiger partial charge in [-0.15, -0.1) is 0 Å². The fourth-order valence-corrected chi connectivity index (χ4v) is 3.94. The predicted molar refractivity (Wildman–Crippen MR) is 82.3 cm³/mol. The first-order valence-electron chi connectivity index (χ1n) is 8.29. The van der Waals surface area contributed by atoms with Crippen LogP contribution in [0.2, 0.25) is 0 Å². The van der Waals surface area contributed by atoms with E-state index in [0.717, 1.165) is 18.4 Å². The third kappa shape index (κ3) is 3.32. The van der Waals surface area contributed by atoms with E-state index in [4.69, 9.17) is 5.73 Å². The highest BCUT2D eigenvalue weighted by Crippen LogP contribution is 2.35. The van der Waals surface area contributed by atoms with Crippen molar-refractivity contribution in [3.8, 4) is 0 Å². The molecule has 0 saturated carbocycles. The van der Waals surface area contributed by atoms with Crippen molar-refractivity contribution in [1.82, 2.24) is 9.80 Å². The minimum Gasteiger partial charge on any atom is -0.329 e.